The highest BCUT2D eigenvalue weighted by Gasteiger charge is 2.21. The first-order chi connectivity index (χ1) is 13.6. The van der Waals surface area contributed by atoms with Crippen molar-refractivity contribution in [2.24, 2.45) is 0 Å². The van der Waals surface area contributed by atoms with Crippen molar-refractivity contribution < 1.29 is 14.3 Å². The Labute approximate surface area is 168 Å². The Morgan fingerprint density at radius 3 is 2.00 bits per heavy atom. The van der Waals surface area contributed by atoms with Gasteiger partial charge in [0.15, 0.2) is 0 Å². The van der Waals surface area contributed by atoms with Crippen LogP contribution in [0.1, 0.15) is 25.0 Å². The molecule has 0 aromatic heterocycles. The lowest BCUT2D eigenvalue weighted by atomic mass is 10.0. The van der Waals surface area contributed by atoms with Crippen molar-refractivity contribution >= 4 is 17.5 Å². The number of benzene rings is 1. The van der Waals surface area contributed by atoms with Crippen molar-refractivity contribution in [1.82, 2.24) is 15.1 Å². The van der Waals surface area contributed by atoms with Crippen LogP contribution < -0.4 is 10.6 Å². The van der Waals surface area contributed by atoms with Gasteiger partial charge in [-0.1, -0.05) is 32.0 Å². The number of piperazine rings is 1. The van der Waals surface area contributed by atoms with E-state index >= 15 is 0 Å². The molecule has 1 saturated heterocycles. The van der Waals surface area contributed by atoms with Gasteiger partial charge in [-0.25, -0.2) is 0 Å². The molecule has 0 unspecified atom stereocenters. The number of ether oxygens (including phenoxy) is 1. The lowest BCUT2D eigenvalue weighted by molar-refractivity contribution is -0.123. The topological polar surface area (TPSA) is 73.9 Å². The first kappa shape index (κ1) is 22.3. The molecule has 7 heteroatoms. The van der Waals surface area contributed by atoms with Crippen LogP contribution in [0.5, 0.6) is 0 Å². The number of nitrogens with zero attached hydrogens (tertiary/aromatic N) is 2. The summed E-state index contributed by atoms with van der Waals surface area (Å²) >= 11 is 0. The number of anilines is 1. The third-order valence-electron chi connectivity index (χ3n) is 5.09. The number of para-hydroxylation sites is 1. The second kappa shape index (κ2) is 11.8. The molecule has 1 aliphatic rings. The van der Waals surface area contributed by atoms with E-state index in [1.165, 1.54) is 11.1 Å². The molecule has 2 amide bonds. The number of carbonyl (C=O) groups excluding carboxylic acids is 2. The molecule has 156 valence electrons. The third-order valence-corrected chi connectivity index (χ3v) is 5.09. The quantitative estimate of drug-likeness (QED) is 0.586. The van der Waals surface area contributed by atoms with Gasteiger partial charge in [0.2, 0.25) is 11.8 Å². The minimum absolute atomic E-state index is 0.0199. The van der Waals surface area contributed by atoms with Crippen molar-refractivity contribution in [3.63, 3.8) is 0 Å². The second-order valence-electron chi connectivity index (χ2n) is 7.10. The van der Waals surface area contributed by atoms with Gasteiger partial charge in [0.1, 0.15) is 0 Å². The number of methoxy groups -OCH3 is 1. The van der Waals surface area contributed by atoms with Crippen LogP contribution in [0.15, 0.2) is 18.2 Å². The van der Waals surface area contributed by atoms with E-state index in [9.17, 15) is 9.59 Å². The molecule has 0 radical (unpaired) electrons. The van der Waals surface area contributed by atoms with Crippen LogP contribution in [0.3, 0.4) is 0 Å². The maximum absolute atomic E-state index is 12.6. The van der Waals surface area contributed by atoms with Gasteiger partial charge in [-0.3, -0.25) is 19.4 Å². The van der Waals surface area contributed by atoms with Crippen LogP contribution in [0.25, 0.3) is 0 Å². The Morgan fingerprint density at radius 1 is 0.964 bits per heavy atom. The summed E-state index contributed by atoms with van der Waals surface area (Å²) in [7, 11) is 1.62. The first-order valence-electron chi connectivity index (χ1n) is 10.2. The zero-order valence-electron chi connectivity index (χ0n) is 17.4. The van der Waals surface area contributed by atoms with Gasteiger partial charge in [0.05, 0.1) is 19.7 Å². The SMILES string of the molecule is CCc1cccc(CC)c1NC(=O)CN1CCN(CC(=O)NCCOC)CC1. The maximum atomic E-state index is 12.6. The highest BCUT2D eigenvalue weighted by molar-refractivity contribution is 5.93. The average Bonchev–Trinajstić information content (AvgIpc) is 2.69. The van der Waals surface area contributed by atoms with Gasteiger partial charge >= 0.3 is 0 Å². The predicted octanol–water partition coefficient (Wildman–Crippen LogP) is 1.13. The lowest BCUT2D eigenvalue weighted by Gasteiger charge is -2.33. The number of amides is 2. The summed E-state index contributed by atoms with van der Waals surface area (Å²) in [4.78, 5) is 28.7. The molecule has 7 nitrogen and oxygen atoms in total. The Morgan fingerprint density at radius 2 is 1.50 bits per heavy atom. The van der Waals surface area contributed by atoms with Crippen molar-refractivity contribution in [2.75, 3.05) is 64.8 Å². The summed E-state index contributed by atoms with van der Waals surface area (Å²) < 4.78 is 4.93. The Hall–Kier alpha value is -1.96. The zero-order valence-corrected chi connectivity index (χ0v) is 17.4. The highest BCUT2D eigenvalue weighted by Crippen LogP contribution is 2.22. The molecule has 0 aliphatic carbocycles. The monoisotopic (exact) mass is 390 g/mol. The number of hydrogen-bond donors (Lipinski definition) is 2. The Kier molecular flexibility index (Phi) is 9.40. The van der Waals surface area contributed by atoms with Crippen LogP contribution in [-0.4, -0.2) is 81.1 Å². The number of rotatable bonds is 10. The van der Waals surface area contributed by atoms with Crippen LogP contribution in [-0.2, 0) is 27.2 Å². The largest absolute Gasteiger partial charge is 0.383 e. The Balaban J connectivity index is 1.77. The van der Waals surface area contributed by atoms with Crippen molar-refractivity contribution in [2.45, 2.75) is 26.7 Å². The molecule has 0 saturated carbocycles. The summed E-state index contributed by atoms with van der Waals surface area (Å²) in [6.45, 7) is 9.20. The molecular formula is C21H34N4O3. The lowest BCUT2D eigenvalue weighted by Crippen LogP contribution is -2.51. The van der Waals surface area contributed by atoms with Crippen LogP contribution in [0, 0.1) is 0 Å². The minimum atomic E-state index is 0.0199. The second-order valence-corrected chi connectivity index (χ2v) is 7.10. The number of hydrogen-bond acceptors (Lipinski definition) is 5. The van der Waals surface area contributed by atoms with E-state index in [1.54, 1.807) is 7.11 Å². The summed E-state index contributed by atoms with van der Waals surface area (Å²) in [5.41, 5.74) is 3.33. The van der Waals surface area contributed by atoms with E-state index < -0.39 is 0 Å². The van der Waals surface area contributed by atoms with E-state index in [4.69, 9.17) is 4.74 Å². The van der Waals surface area contributed by atoms with Gasteiger partial charge in [-0.05, 0) is 24.0 Å². The van der Waals surface area contributed by atoms with E-state index in [0.717, 1.165) is 44.7 Å². The fourth-order valence-electron chi connectivity index (χ4n) is 3.44. The molecule has 1 heterocycles. The van der Waals surface area contributed by atoms with Gasteiger partial charge in [0, 0.05) is 45.5 Å². The van der Waals surface area contributed by atoms with Crippen molar-refractivity contribution in [3.8, 4) is 0 Å². The van der Waals surface area contributed by atoms with Crippen LogP contribution >= 0.6 is 0 Å². The van der Waals surface area contributed by atoms with Crippen molar-refractivity contribution in [3.05, 3.63) is 29.3 Å². The van der Waals surface area contributed by atoms with E-state index in [-0.39, 0.29) is 11.8 Å². The molecule has 1 fully saturated rings. The number of aryl methyl sites for hydroxylation is 2. The van der Waals surface area contributed by atoms with Gasteiger partial charge in [-0.2, -0.15) is 0 Å². The summed E-state index contributed by atoms with van der Waals surface area (Å²) in [5.74, 6) is 0.0490. The molecular weight excluding hydrogens is 356 g/mol. The standard InChI is InChI=1S/C21H34N4O3/c1-4-17-7-6-8-18(5-2)21(17)23-20(27)16-25-12-10-24(11-13-25)15-19(26)22-9-14-28-3/h6-8H,4-5,9-16H2,1-3H3,(H,22,26)(H,23,27). The average molecular weight is 391 g/mol. The van der Waals surface area contributed by atoms with Gasteiger partial charge < -0.3 is 15.4 Å². The van der Waals surface area contributed by atoms with E-state index in [0.29, 0.717) is 26.2 Å². The molecule has 0 atom stereocenters. The smallest absolute Gasteiger partial charge is 0.238 e. The molecule has 28 heavy (non-hydrogen) atoms. The van der Waals surface area contributed by atoms with Gasteiger partial charge in [0.25, 0.3) is 0 Å². The third kappa shape index (κ3) is 6.89. The summed E-state index contributed by atoms with van der Waals surface area (Å²) in [6, 6.07) is 6.20. The molecule has 1 aromatic rings. The summed E-state index contributed by atoms with van der Waals surface area (Å²) in [6.07, 6.45) is 1.79. The molecule has 2 rings (SSSR count). The molecule has 1 aromatic carbocycles. The summed E-state index contributed by atoms with van der Waals surface area (Å²) in [5, 5.41) is 5.97. The molecule has 0 spiro atoms. The van der Waals surface area contributed by atoms with Crippen LogP contribution in [0.2, 0.25) is 0 Å². The fraction of sp³-hybridized carbons (Fsp3) is 0.619. The van der Waals surface area contributed by atoms with Crippen molar-refractivity contribution in [1.29, 1.82) is 0 Å². The minimum Gasteiger partial charge on any atom is -0.383 e. The maximum Gasteiger partial charge on any atom is 0.238 e. The molecule has 2 N–H and O–H groups in total. The highest BCUT2D eigenvalue weighted by atomic mass is 16.5. The van der Waals surface area contributed by atoms with Crippen LogP contribution in [0.4, 0.5) is 5.69 Å². The number of carbonyl (C=O) groups is 2. The zero-order chi connectivity index (χ0) is 20.4. The molecule has 1 aliphatic heterocycles. The van der Waals surface area contributed by atoms with E-state index in [2.05, 4.69) is 52.5 Å². The van der Waals surface area contributed by atoms with Gasteiger partial charge in [-0.15, -0.1) is 0 Å². The van der Waals surface area contributed by atoms with E-state index in [1.807, 2.05) is 0 Å². The number of nitrogens with one attached hydrogen (secondary N) is 2. The first-order valence-corrected chi connectivity index (χ1v) is 10.2. The molecule has 0 bridgehead atoms. The fourth-order valence-corrected chi connectivity index (χ4v) is 3.44. The predicted molar refractivity (Wildman–Crippen MR) is 112 cm³/mol. The normalized spacial score (nSPS) is 15.4. The Bertz CT molecular complexity index is 620.